The first-order valence-electron chi connectivity index (χ1n) is 8.52. The van der Waals surface area contributed by atoms with Gasteiger partial charge in [0.1, 0.15) is 5.75 Å². The van der Waals surface area contributed by atoms with E-state index in [1.54, 1.807) is 37.4 Å². The third-order valence-electron chi connectivity index (χ3n) is 3.95. The number of hydrogen-bond donors (Lipinski definition) is 2. The quantitative estimate of drug-likeness (QED) is 0.630. The van der Waals surface area contributed by atoms with Gasteiger partial charge in [-0.1, -0.05) is 24.3 Å². The molecule has 0 saturated heterocycles. The summed E-state index contributed by atoms with van der Waals surface area (Å²) < 4.78 is 5.13. The minimum Gasteiger partial charge on any atom is -0.497 e. The van der Waals surface area contributed by atoms with Crippen LogP contribution in [0.25, 0.3) is 0 Å². The van der Waals surface area contributed by atoms with Gasteiger partial charge in [0.2, 0.25) is 5.91 Å². The average molecular weight is 380 g/mol. The molecule has 27 heavy (non-hydrogen) atoms. The fourth-order valence-electron chi connectivity index (χ4n) is 2.55. The maximum Gasteiger partial charge on any atom is 0.265 e. The average Bonchev–Trinajstić information content (AvgIpc) is 3.22. The number of rotatable bonds is 7. The van der Waals surface area contributed by atoms with Gasteiger partial charge >= 0.3 is 0 Å². The van der Waals surface area contributed by atoms with Crippen molar-refractivity contribution >= 4 is 34.5 Å². The van der Waals surface area contributed by atoms with Crippen molar-refractivity contribution in [3.8, 4) is 5.75 Å². The van der Waals surface area contributed by atoms with Gasteiger partial charge < -0.3 is 15.4 Å². The van der Waals surface area contributed by atoms with Gasteiger partial charge in [0.25, 0.3) is 5.91 Å². The third-order valence-corrected chi connectivity index (χ3v) is 4.82. The number of thiophene rings is 1. The number of ether oxygens (including phenoxy) is 1. The fraction of sp³-hybridized carbons (Fsp3) is 0.143. The summed E-state index contributed by atoms with van der Waals surface area (Å²) in [5.74, 6) is 0.560. The number of aryl methyl sites for hydroxylation is 1. The Morgan fingerprint density at radius 1 is 0.963 bits per heavy atom. The summed E-state index contributed by atoms with van der Waals surface area (Å²) in [4.78, 5) is 25.0. The van der Waals surface area contributed by atoms with E-state index in [0.29, 0.717) is 29.1 Å². The Kier molecular flexibility index (Phi) is 6.22. The highest BCUT2D eigenvalue weighted by atomic mass is 32.1. The second kappa shape index (κ2) is 9.00. The summed E-state index contributed by atoms with van der Waals surface area (Å²) >= 11 is 1.38. The molecular formula is C21H20N2O3S. The SMILES string of the molecule is COc1ccc(CCC(=O)Nc2cccc(NC(=O)c3cccs3)c2)cc1. The Morgan fingerprint density at radius 3 is 2.37 bits per heavy atom. The van der Waals surface area contributed by atoms with Crippen LogP contribution in [0.2, 0.25) is 0 Å². The van der Waals surface area contributed by atoms with Gasteiger partial charge in [0.15, 0.2) is 0 Å². The van der Waals surface area contributed by atoms with Crippen LogP contribution in [0.3, 0.4) is 0 Å². The summed E-state index contributed by atoms with van der Waals surface area (Å²) in [6.45, 7) is 0. The van der Waals surface area contributed by atoms with E-state index in [1.165, 1.54) is 11.3 Å². The van der Waals surface area contributed by atoms with E-state index in [9.17, 15) is 9.59 Å². The summed E-state index contributed by atoms with van der Waals surface area (Å²) in [5, 5.41) is 7.56. The van der Waals surface area contributed by atoms with E-state index in [2.05, 4.69) is 10.6 Å². The first-order chi connectivity index (χ1) is 13.1. The molecule has 0 unspecified atom stereocenters. The van der Waals surface area contributed by atoms with Crippen molar-refractivity contribution in [2.75, 3.05) is 17.7 Å². The van der Waals surface area contributed by atoms with Gasteiger partial charge in [-0.3, -0.25) is 9.59 Å². The van der Waals surface area contributed by atoms with Crippen molar-refractivity contribution < 1.29 is 14.3 Å². The lowest BCUT2D eigenvalue weighted by Crippen LogP contribution is -2.13. The van der Waals surface area contributed by atoms with Crippen molar-refractivity contribution in [1.29, 1.82) is 0 Å². The third kappa shape index (κ3) is 5.43. The number of carbonyl (C=O) groups excluding carboxylic acids is 2. The van der Waals surface area contributed by atoms with E-state index < -0.39 is 0 Å². The second-order valence-corrected chi connectivity index (χ2v) is 6.86. The normalized spacial score (nSPS) is 10.3. The van der Waals surface area contributed by atoms with Crippen molar-refractivity contribution in [2.45, 2.75) is 12.8 Å². The Balaban J connectivity index is 1.53. The minimum absolute atomic E-state index is 0.0763. The molecule has 0 fully saturated rings. The number of benzene rings is 2. The lowest BCUT2D eigenvalue weighted by molar-refractivity contribution is -0.116. The van der Waals surface area contributed by atoms with Gasteiger partial charge in [0, 0.05) is 17.8 Å². The van der Waals surface area contributed by atoms with E-state index >= 15 is 0 Å². The molecule has 0 radical (unpaired) electrons. The Hall–Kier alpha value is -3.12. The zero-order chi connectivity index (χ0) is 19.1. The fourth-order valence-corrected chi connectivity index (χ4v) is 3.17. The molecule has 138 valence electrons. The predicted molar refractivity (Wildman–Crippen MR) is 109 cm³/mol. The van der Waals surface area contributed by atoms with Crippen LogP contribution in [-0.4, -0.2) is 18.9 Å². The van der Waals surface area contributed by atoms with Gasteiger partial charge in [-0.15, -0.1) is 11.3 Å². The van der Waals surface area contributed by atoms with Crippen molar-refractivity contribution in [3.63, 3.8) is 0 Å². The zero-order valence-corrected chi connectivity index (χ0v) is 15.7. The number of hydrogen-bond acceptors (Lipinski definition) is 4. The van der Waals surface area contributed by atoms with Crippen LogP contribution in [-0.2, 0) is 11.2 Å². The molecular weight excluding hydrogens is 360 g/mol. The number of nitrogens with one attached hydrogen (secondary N) is 2. The van der Waals surface area contributed by atoms with E-state index in [-0.39, 0.29) is 11.8 Å². The molecule has 0 aliphatic carbocycles. The van der Waals surface area contributed by atoms with Crippen molar-refractivity contribution in [1.82, 2.24) is 0 Å². The maximum atomic E-state index is 12.2. The summed E-state index contributed by atoms with van der Waals surface area (Å²) in [5.41, 5.74) is 2.36. The Labute approximate surface area is 162 Å². The van der Waals surface area contributed by atoms with Gasteiger partial charge in [0.05, 0.1) is 12.0 Å². The maximum absolute atomic E-state index is 12.2. The highest BCUT2D eigenvalue weighted by molar-refractivity contribution is 7.12. The van der Waals surface area contributed by atoms with Crippen LogP contribution in [0.1, 0.15) is 21.7 Å². The molecule has 0 saturated carbocycles. The van der Waals surface area contributed by atoms with E-state index in [4.69, 9.17) is 4.74 Å². The summed E-state index contributed by atoms with van der Waals surface area (Å²) in [6, 6.07) is 18.4. The largest absolute Gasteiger partial charge is 0.497 e. The number of carbonyl (C=O) groups is 2. The molecule has 0 aliphatic heterocycles. The molecule has 2 amide bonds. The highest BCUT2D eigenvalue weighted by Gasteiger charge is 2.08. The second-order valence-electron chi connectivity index (χ2n) is 5.91. The number of anilines is 2. The van der Waals surface area contributed by atoms with Crippen molar-refractivity contribution in [2.24, 2.45) is 0 Å². The molecule has 0 aliphatic rings. The van der Waals surface area contributed by atoms with Gasteiger partial charge in [-0.2, -0.15) is 0 Å². The molecule has 5 nitrogen and oxygen atoms in total. The summed E-state index contributed by atoms with van der Waals surface area (Å²) in [7, 11) is 1.62. The topological polar surface area (TPSA) is 67.4 Å². The lowest BCUT2D eigenvalue weighted by atomic mass is 10.1. The first kappa shape index (κ1) is 18.7. The molecule has 0 bridgehead atoms. The molecule has 3 rings (SSSR count). The molecule has 0 atom stereocenters. The van der Waals surface area contributed by atoms with E-state index in [0.717, 1.165) is 11.3 Å². The van der Waals surface area contributed by atoms with Crippen LogP contribution in [0, 0.1) is 0 Å². The van der Waals surface area contributed by atoms with E-state index in [1.807, 2.05) is 35.7 Å². The number of methoxy groups -OCH3 is 1. The standard InChI is InChI=1S/C21H20N2O3S/c1-26-18-10-7-15(8-11-18)9-12-20(24)22-16-4-2-5-17(14-16)23-21(25)19-6-3-13-27-19/h2-8,10-11,13-14H,9,12H2,1H3,(H,22,24)(H,23,25). The molecule has 0 spiro atoms. The smallest absolute Gasteiger partial charge is 0.265 e. The molecule has 1 aromatic heterocycles. The lowest BCUT2D eigenvalue weighted by Gasteiger charge is -2.09. The van der Waals surface area contributed by atoms with Crippen LogP contribution >= 0.6 is 11.3 Å². The van der Waals surface area contributed by atoms with Gasteiger partial charge in [-0.25, -0.2) is 0 Å². The molecule has 6 heteroatoms. The van der Waals surface area contributed by atoms with Crippen LogP contribution in [0.4, 0.5) is 11.4 Å². The van der Waals surface area contributed by atoms with Crippen molar-refractivity contribution in [3.05, 3.63) is 76.5 Å². The highest BCUT2D eigenvalue weighted by Crippen LogP contribution is 2.18. The Morgan fingerprint density at radius 2 is 1.70 bits per heavy atom. The van der Waals surface area contributed by atoms with Crippen LogP contribution < -0.4 is 15.4 Å². The summed E-state index contributed by atoms with van der Waals surface area (Å²) in [6.07, 6.45) is 1.02. The first-order valence-corrected chi connectivity index (χ1v) is 9.40. The predicted octanol–water partition coefficient (Wildman–Crippen LogP) is 4.58. The molecule has 2 N–H and O–H groups in total. The van der Waals surface area contributed by atoms with Crippen LogP contribution in [0.5, 0.6) is 5.75 Å². The molecule has 2 aromatic carbocycles. The molecule has 3 aromatic rings. The monoisotopic (exact) mass is 380 g/mol. The van der Waals surface area contributed by atoms with Gasteiger partial charge in [-0.05, 0) is 53.8 Å². The molecule has 1 heterocycles. The Bertz CT molecular complexity index is 905. The zero-order valence-electron chi connectivity index (χ0n) is 14.9. The number of amides is 2. The van der Waals surface area contributed by atoms with Crippen LogP contribution in [0.15, 0.2) is 66.0 Å². The minimum atomic E-state index is -0.159.